The van der Waals surface area contributed by atoms with Gasteiger partial charge in [0, 0.05) is 38.3 Å². The molecule has 1 saturated heterocycles. The summed E-state index contributed by atoms with van der Waals surface area (Å²) >= 11 is 6.40. The number of aryl methyl sites for hydroxylation is 2. The quantitative estimate of drug-likeness (QED) is 0.284. The molecule has 1 saturated carbocycles. The Bertz CT molecular complexity index is 1340. The van der Waals surface area contributed by atoms with Gasteiger partial charge in [0.2, 0.25) is 5.82 Å². The lowest BCUT2D eigenvalue weighted by atomic mass is 9.73. The van der Waals surface area contributed by atoms with Crippen molar-refractivity contribution in [1.29, 1.82) is 0 Å². The SMILES string of the molecule is COc1cc(OC)c(CCC2(C3CCCC3)CC(=O)C(Cc3nc(-c4cnccn4)nn3C)C(=O)O2)cc1Cl. The predicted octanol–water partition coefficient (Wildman–Crippen LogP) is 4.18. The third-order valence-corrected chi connectivity index (χ3v) is 8.25. The monoisotopic (exact) mass is 553 g/mol. The van der Waals surface area contributed by atoms with Gasteiger partial charge < -0.3 is 14.2 Å². The fourth-order valence-electron chi connectivity index (χ4n) is 5.84. The van der Waals surface area contributed by atoms with Crippen LogP contribution in [0.5, 0.6) is 11.5 Å². The number of hydrogen-bond acceptors (Lipinski definition) is 9. The number of ketones is 1. The standard InChI is InChI=1S/C28H32ClN5O5/c1-34-25(32-26(33-34)21-16-30-10-11-31-21)13-19-22(35)15-28(39-27(19)36,18-6-4-5-7-18)9-8-17-12-20(29)24(38-3)14-23(17)37-2/h10-12,14,16,18-19H,4-9,13,15H2,1-3H3. The van der Waals surface area contributed by atoms with Crippen LogP contribution in [0.1, 0.15) is 49.9 Å². The highest BCUT2D eigenvalue weighted by Gasteiger charge is 2.51. The molecule has 1 aliphatic carbocycles. The molecule has 1 aliphatic heterocycles. The Hall–Kier alpha value is -3.53. The number of esters is 1. The normalized spacial score (nSPS) is 21.7. The fraction of sp³-hybridized carbons (Fsp3) is 0.500. The van der Waals surface area contributed by atoms with Crippen molar-refractivity contribution in [2.75, 3.05) is 14.2 Å². The van der Waals surface area contributed by atoms with Gasteiger partial charge in [0.1, 0.15) is 34.5 Å². The number of cyclic esters (lactones) is 1. The van der Waals surface area contributed by atoms with Crippen molar-refractivity contribution in [2.45, 2.75) is 57.0 Å². The Morgan fingerprint density at radius 3 is 2.56 bits per heavy atom. The number of halogens is 1. The van der Waals surface area contributed by atoms with E-state index >= 15 is 0 Å². The van der Waals surface area contributed by atoms with Crippen molar-refractivity contribution < 1.29 is 23.8 Å². The molecule has 0 radical (unpaired) electrons. The van der Waals surface area contributed by atoms with E-state index in [1.807, 2.05) is 6.07 Å². The van der Waals surface area contributed by atoms with Gasteiger partial charge in [0.05, 0.1) is 25.4 Å². The van der Waals surface area contributed by atoms with Gasteiger partial charge in [-0.2, -0.15) is 0 Å². The number of Topliss-reactive ketones (excluding diaryl/α,β-unsaturated/α-hetero) is 1. The van der Waals surface area contributed by atoms with Gasteiger partial charge in [-0.3, -0.25) is 19.3 Å². The molecule has 3 aromatic rings. The molecule has 206 valence electrons. The summed E-state index contributed by atoms with van der Waals surface area (Å²) in [5.41, 5.74) is 0.539. The van der Waals surface area contributed by atoms with Crippen LogP contribution in [-0.4, -0.2) is 56.3 Å². The van der Waals surface area contributed by atoms with Gasteiger partial charge in [-0.1, -0.05) is 24.4 Å². The molecule has 2 atom stereocenters. The number of carbonyl (C=O) groups excluding carboxylic acids is 2. The Balaban J connectivity index is 1.36. The number of benzene rings is 1. The zero-order valence-corrected chi connectivity index (χ0v) is 23.1. The highest BCUT2D eigenvalue weighted by atomic mass is 35.5. The highest BCUT2D eigenvalue weighted by molar-refractivity contribution is 6.32. The molecular weight excluding hydrogens is 522 g/mol. The molecule has 5 rings (SSSR count). The zero-order valence-electron chi connectivity index (χ0n) is 22.4. The van der Waals surface area contributed by atoms with E-state index in [1.54, 1.807) is 50.6 Å². The van der Waals surface area contributed by atoms with E-state index in [-0.39, 0.29) is 24.5 Å². The van der Waals surface area contributed by atoms with Gasteiger partial charge in [0.25, 0.3) is 0 Å². The second-order valence-corrected chi connectivity index (χ2v) is 10.6. The molecule has 0 N–H and O–H groups in total. The maximum Gasteiger partial charge on any atom is 0.317 e. The Morgan fingerprint density at radius 1 is 1.13 bits per heavy atom. The average molecular weight is 554 g/mol. The summed E-state index contributed by atoms with van der Waals surface area (Å²) in [6, 6.07) is 3.57. The second kappa shape index (κ2) is 11.3. The van der Waals surface area contributed by atoms with Gasteiger partial charge >= 0.3 is 5.97 Å². The molecule has 2 aromatic heterocycles. The van der Waals surface area contributed by atoms with Crippen molar-refractivity contribution >= 4 is 23.4 Å². The first kappa shape index (κ1) is 27.1. The Labute approximate surface area is 232 Å². The number of methoxy groups -OCH3 is 2. The highest BCUT2D eigenvalue weighted by Crippen LogP contribution is 2.46. The fourth-order valence-corrected chi connectivity index (χ4v) is 6.10. The van der Waals surface area contributed by atoms with Crippen LogP contribution in [0.3, 0.4) is 0 Å². The smallest absolute Gasteiger partial charge is 0.317 e. The number of ether oxygens (including phenoxy) is 3. The first-order valence-corrected chi connectivity index (χ1v) is 13.5. The molecule has 0 spiro atoms. The van der Waals surface area contributed by atoms with Crippen molar-refractivity contribution in [1.82, 2.24) is 24.7 Å². The maximum absolute atomic E-state index is 13.6. The first-order chi connectivity index (χ1) is 18.8. The minimum absolute atomic E-state index is 0.115. The third-order valence-electron chi connectivity index (χ3n) is 7.95. The van der Waals surface area contributed by atoms with E-state index in [2.05, 4.69) is 20.1 Å². The van der Waals surface area contributed by atoms with Crippen molar-refractivity contribution in [2.24, 2.45) is 18.9 Å². The van der Waals surface area contributed by atoms with Crippen LogP contribution in [-0.2, 0) is 34.2 Å². The van der Waals surface area contributed by atoms with E-state index in [0.717, 1.165) is 31.2 Å². The van der Waals surface area contributed by atoms with Crippen molar-refractivity contribution in [3.63, 3.8) is 0 Å². The maximum atomic E-state index is 13.6. The molecule has 39 heavy (non-hydrogen) atoms. The lowest BCUT2D eigenvalue weighted by Gasteiger charge is -2.43. The van der Waals surface area contributed by atoms with E-state index in [9.17, 15) is 9.59 Å². The van der Waals surface area contributed by atoms with Gasteiger partial charge in [-0.15, -0.1) is 5.10 Å². The Kier molecular flexibility index (Phi) is 7.83. The molecule has 2 fully saturated rings. The molecular formula is C28H32ClN5O5. The summed E-state index contributed by atoms with van der Waals surface area (Å²) in [5, 5.41) is 4.87. The summed E-state index contributed by atoms with van der Waals surface area (Å²) in [6.45, 7) is 0. The van der Waals surface area contributed by atoms with Crippen molar-refractivity contribution in [3.05, 3.63) is 47.1 Å². The van der Waals surface area contributed by atoms with Crippen LogP contribution in [0.25, 0.3) is 11.5 Å². The number of nitrogens with zero attached hydrogens (tertiary/aromatic N) is 5. The molecule has 2 unspecified atom stereocenters. The summed E-state index contributed by atoms with van der Waals surface area (Å²) in [5.74, 6) is 0.651. The van der Waals surface area contributed by atoms with Crippen LogP contribution >= 0.6 is 11.6 Å². The molecule has 0 amide bonds. The summed E-state index contributed by atoms with van der Waals surface area (Å²) in [7, 11) is 4.88. The molecule has 10 nitrogen and oxygen atoms in total. The van der Waals surface area contributed by atoms with Crippen LogP contribution in [0, 0.1) is 11.8 Å². The third kappa shape index (κ3) is 5.48. The largest absolute Gasteiger partial charge is 0.496 e. The van der Waals surface area contributed by atoms with Gasteiger partial charge in [-0.25, -0.2) is 9.97 Å². The average Bonchev–Trinajstić information content (AvgIpc) is 3.61. The molecule has 0 bridgehead atoms. The first-order valence-electron chi connectivity index (χ1n) is 13.2. The summed E-state index contributed by atoms with van der Waals surface area (Å²) in [6.07, 6.45) is 10.0. The lowest BCUT2D eigenvalue weighted by molar-refractivity contribution is -0.185. The van der Waals surface area contributed by atoms with Gasteiger partial charge in [-0.05, 0) is 43.2 Å². The topological polar surface area (TPSA) is 118 Å². The lowest BCUT2D eigenvalue weighted by Crippen LogP contribution is -2.52. The second-order valence-electron chi connectivity index (χ2n) is 10.2. The molecule has 1 aromatic carbocycles. The van der Waals surface area contributed by atoms with Crippen molar-refractivity contribution in [3.8, 4) is 23.0 Å². The van der Waals surface area contributed by atoms with Crippen LogP contribution < -0.4 is 9.47 Å². The van der Waals surface area contributed by atoms with Crippen LogP contribution in [0.15, 0.2) is 30.7 Å². The Morgan fingerprint density at radius 2 is 1.90 bits per heavy atom. The predicted molar refractivity (Wildman–Crippen MR) is 143 cm³/mol. The van der Waals surface area contributed by atoms with Gasteiger partial charge in [0.15, 0.2) is 5.78 Å². The van der Waals surface area contributed by atoms with E-state index < -0.39 is 17.5 Å². The van der Waals surface area contributed by atoms with E-state index in [4.69, 9.17) is 25.8 Å². The zero-order chi connectivity index (χ0) is 27.6. The number of carbonyl (C=O) groups is 2. The molecule has 2 aliphatic rings. The number of hydrogen-bond donors (Lipinski definition) is 0. The minimum Gasteiger partial charge on any atom is -0.496 e. The number of rotatable bonds is 9. The minimum atomic E-state index is -0.929. The van der Waals surface area contributed by atoms with Crippen LogP contribution in [0.4, 0.5) is 0 Å². The molecule has 3 heterocycles. The van der Waals surface area contributed by atoms with Crippen LogP contribution in [0.2, 0.25) is 5.02 Å². The summed E-state index contributed by atoms with van der Waals surface area (Å²) in [4.78, 5) is 39.9. The summed E-state index contributed by atoms with van der Waals surface area (Å²) < 4.78 is 18.7. The number of aromatic nitrogens is 5. The molecule has 11 heteroatoms. The van der Waals surface area contributed by atoms with E-state index in [0.29, 0.717) is 46.7 Å². The van der Waals surface area contributed by atoms with E-state index in [1.165, 1.54) is 0 Å².